The van der Waals surface area contributed by atoms with E-state index in [1.807, 2.05) is 30.3 Å². The third-order valence-electron chi connectivity index (χ3n) is 4.58. The van der Waals surface area contributed by atoms with E-state index in [2.05, 4.69) is 15.6 Å². The molecular formula is C19H25N3O3. The van der Waals surface area contributed by atoms with Gasteiger partial charge in [0.25, 0.3) is 5.91 Å². The first kappa shape index (κ1) is 17.6. The maximum Gasteiger partial charge on any atom is 0.264 e. The SMILES string of the molecule is O=C(NCCCCO)C1(Oc2ccc3ncccc3c2)CCNCC1. The van der Waals surface area contributed by atoms with Crippen molar-refractivity contribution >= 4 is 16.8 Å². The van der Waals surface area contributed by atoms with Crippen LogP contribution in [0.1, 0.15) is 25.7 Å². The summed E-state index contributed by atoms with van der Waals surface area (Å²) in [6.45, 7) is 2.20. The number of nitrogens with one attached hydrogen (secondary N) is 2. The number of hydrogen-bond acceptors (Lipinski definition) is 5. The monoisotopic (exact) mass is 343 g/mol. The molecule has 0 atom stereocenters. The van der Waals surface area contributed by atoms with Gasteiger partial charge in [-0.05, 0) is 50.2 Å². The number of hydrogen-bond donors (Lipinski definition) is 3. The molecule has 1 aromatic heterocycles. The number of rotatable bonds is 7. The molecule has 1 amide bonds. The van der Waals surface area contributed by atoms with Gasteiger partial charge in [0.2, 0.25) is 0 Å². The summed E-state index contributed by atoms with van der Waals surface area (Å²) in [7, 11) is 0. The van der Waals surface area contributed by atoms with Crippen molar-refractivity contribution in [1.82, 2.24) is 15.6 Å². The fourth-order valence-corrected chi connectivity index (χ4v) is 3.15. The van der Waals surface area contributed by atoms with E-state index in [4.69, 9.17) is 9.84 Å². The number of fused-ring (bicyclic) bond motifs is 1. The van der Waals surface area contributed by atoms with Crippen molar-refractivity contribution in [3.63, 3.8) is 0 Å². The minimum Gasteiger partial charge on any atom is -0.477 e. The molecule has 1 aliphatic heterocycles. The summed E-state index contributed by atoms with van der Waals surface area (Å²) in [5.74, 6) is 0.617. The average Bonchev–Trinajstić information content (AvgIpc) is 2.66. The van der Waals surface area contributed by atoms with E-state index in [1.54, 1.807) is 6.20 Å². The van der Waals surface area contributed by atoms with Gasteiger partial charge in [-0.25, -0.2) is 0 Å². The van der Waals surface area contributed by atoms with Crippen molar-refractivity contribution in [3.8, 4) is 5.75 Å². The van der Waals surface area contributed by atoms with Crippen molar-refractivity contribution in [3.05, 3.63) is 36.5 Å². The molecule has 3 rings (SSSR count). The first-order valence-corrected chi connectivity index (χ1v) is 8.87. The van der Waals surface area contributed by atoms with Crippen molar-refractivity contribution in [2.24, 2.45) is 0 Å². The molecule has 1 saturated heterocycles. The number of nitrogens with zero attached hydrogens (tertiary/aromatic N) is 1. The van der Waals surface area contributed by atoms with Crippen molar-refractivity contribution < 1.29 is 14.6 Å². The number of amides is 1. The summed E-state index contributed by atoms with van der Waals surface area (Å²) in [6.07, 6.45) is 4.47. The molecule has 134 valence electrons. The largest absolute Gasteiger partial charge is 0.477 e. The lowest BCUT2D eigenvalue weighted by molar-refractivity contribution is -0.139. The van der Waals surface area contributed by atoms with E-state index >= 15 is 0 Å². The molecule has 25 heavy (non-hydrogen) atoms. The maximum absolute atomic E-state index is 12.8. The number of unbranched alkanes of at least 4 members (excludes halogenated alkanes) is 1. The second kappa shape index (κ2) is 8.27. The Kier molecular flexibility index (Phi) is 5.83. The summed E-state index contributed by atoms with van der Waals surface area (Å²) in [6, 6.07) is 9.60. The zero-order valence-corrected chi connectivity index (χ0v) is 14.3. The highest BCUT2D eigenvalue weighted by molar-refractivity contribution is 5.86. The van der Waals surface area contributed by atoms with Gasteiger partial charge in [-0.3, -0.25) is 9.78 Å². The maximum atomic E-state index is 12.8. The van der Waals surface area contributed by atoms with Gasteiger partial charge in [0.1, 0.15) is 5.75 Å². The summed E-state index contributed by atoms with van der Waals surface area (Å²) in [4.78, 5) is 17.1. The molecule has 2 aromatic rings. The highest BCUT2D eigenvalue weighted by Crippen LogP contribution is 2.29. The Morgan fingerprint density at radius 3 is 2.92 bits per heavy atom. The molecule has 2 heterocycles. The van der Waals surface area contributed by atoms with Crippen LogP contribution in [0.3, 0.4) is 0 Å². The van der Waals surface area contributed by atoms with Gasteiger partial charge in [0, 0.05) is 37.6 Å². The molecule has 0 unspecified atom stereocenters. The lowest BCUT2D eigenvalue weighted by Crippen LogP contribution is -2.56. The van der Waals surface area contributed by atoms with Crippen LogP contribution in [0.15, 0.2) is 36.5 Å². The molecule has 0 bridgehead atoms. The summed E-state index contributed by atoms with van der Waals surface area (Å²) in [5, 5.41) is 16.1. The van der Waals surface area contributed by atoms with Crippen molar-refractivity contribution in [2.45, 2.75) is 31.3 Å². The summed E-state index contributed by atoms with van der Waals surface area (Å²) in [5.41, 5.74) is 0.0584. The Bertz CT molecular complexity index is 714. The lowest BCUT2D eigenvalue weighted by Gasteiger charge is -2.36. The fourth-order valence-electron chi connectivity index (χ4n) is 3.15. The smallest absolute Gasteiger partial charge is 0.264 e. The third-order valence-corrected chi connectivity index (χ3v) is 4.58. The van der Waals surface area contributed by atoms with E-state index in [1.165, 1.54) is 0 Å². The first-order chi connectivity index (χ1) is 12.2. The number of aliphatic hydroxyl groups excluding tert-OH is 1. The lowest BCUT2D eigenvalue weighted by atomic mass is 9.90. The molecule has 1 fully saturated rings. The zero-order valence-electron chi connectivity index (χ0n) is 14.3. The summed E-state index contributed by atoms with van der Waals surface area (Å²) >= 11 is 0. The van der Waals surface area contributed by atoms with E-state index in [-0.39, 0.29) is 12.5 Å². The number of piperidine rings is 1. The molecule has 1 aromatic carbocycles. The number of ether oxygens (including phenoxy) is 1. The normalized spacial score (nSPS) is 16.5. The van der Waals surface area contributed by atoms with Gasteiger partial charge in [0.05, 0.1) is 5.52 Å². The predicted molar refractivity (Wildman–Crippen MR) is 96.5 cm³/mol. The van der Waals surface area contributed by atoms with Crippen LogP contribution in [-0.4, -0.2) is 47.8 Å². The highest BCUT2D eigenvalue weighted by atomic mass is 16.5. The number of pyridine rings is 1. The number of aromatic nitrogens is 1. The molecule has 0 aliphatic carbocycles. The van der Waals surface area contributed by atoms with Crippen LogP contribution >= 0.6 is 0 Å². The van der Waals surface area contributed by atoms with E-state index in [9.17, 15) is 4.79 Å². The van der Waals surface area contributed by atoms with Gasteiger partial charge in [-0.1, -0.05) is 6.07 Å². The third kappa shape index (κ3) is 4.27. The Morgan fingerprint density at radius 2 is 2.12 bits per heavy atom. The number of carbonyl (C=O) groups is 1. The first-order valence-electron chi connectivity index (χ1n) is 8.87. The number of benzene rings is 1. The van der Waals surface area contributed by atoms with Crippen molar-refractivity contribution in [1.29, 1.82) is 0 Å². The minimum atomic E-state index is -0.847. The Labute approximate surface area is 147 Å². The van der Waals surface area contributed by atoms with Crippen LogP contribution in [-0.2, 0) is 4.79 Å². The molecular weight excluding hydrogens is 318 g/mol. The van der Waals surface area contributed by atoms with Gasteiger partial charge in [0.15, 0.2) is 5.60 Å². The standard InChI is InChI=1S/C19H25N3O3/c23-13-2-1-9-22-18(24)19(7-11-20-12-8-19)25-16-5-6-17-15(14-16)4-3-10-21-17/h3-6,10,14,20,23H,1-2,7-9,11-13H2,(H,22,24). The molecule has 3 N–H and O–H groups in total. The molecule has 0 radical (unpaired) electrons. The predicted octanol–water partition coefficient (Wildman–Crippen LogP) is 1.62. The van der Waals surface area contributed by atoms with E-state index < -0.39 is 5.60 Å². The Balaban J connectivity index is 1.75. The van der Waals surface area contributed by atoms with Crippen LogP contribution < -0.4 is 15.4 Å². The van der Waals surface area contributed by atoms with Crippen LogP contribution in [0.25, 0.3) is 10.9 Å². The van der Waals surface area contributed by atoms with Gasteiger partial charge >= 0.3 is 0 Å². The van der Waals surface area contributed by atoms with E-state index in [0.717, 1.165) is 30.4 Å². The minimum absolute atomic E-state index is 0.0711. The second-order valence-electron chi connectivity index (χ2n) is 6.39. The molecule has 6 heteroatoms. The Hall–Kier alpha value is -2.18. The molecule has 6 nitrogen and oxygen atoms in total. The molecule has 0 spiro atoms. The topological polar surface area (TPSA) is 83.5 Å². The van der Waals surface area contributed by atoms with Crippen LogP contribution in [0, 0.1) is 0 Å². The van der Waals surface area contributed by atoms with Crippen molar-refractivity contribution in [2.75, 3.05) is 26.2 Å². The van der Waals surface area contributed by atoms with Gasteiger partial charge in [-0.2, -0.15) is 0 Å². The molecule has 1 aliphatic rings. The number of aliphatic hydroxyl groups is 1. The van der Waals surface area contributed by atoms with E-state index in [0.29, 0.717) is 31.6 Å². The Morgan fingerprint density at radius 1 is 1.28 bits per heavy atom. The van der Waals surface area contributed by atoms with Crippen LogP contribution in [0.4, 0.5) is 0 Å². The highest BCUT2D eigenvalue weighted by Gasteiger charge is 2.41. The second-order valence-corrected chi connectivity index (χ2v) is 6.39. The zero-order chi connectivity index (χ0) is 17.5. The summed E-state index contributed by atoms with van der Waals surface area (Å²) < 4.78 is 6.24. The molecule has 0 saturated carbocycles. The fraction of sp³-hybridized carbons (Fsp3) is 0.474. The van der Waals surface area contributed by atoms with Crippen LogP contribution in [0.2, 0.25) is 0 Å². The average molecular weight is 343 g/mol. The number of carbonyl (C=O) groups excluding carboxylic acids is 1. The quantitative estimate of drug-likeness (QED) is 0.666. The van der Waals surface area contributed by atoms with Crippen LogP contribution in [0.5, 0.6) is 5.75 Å². The van der Waals surface area contributed by atoms with Gasteiger partial charge < -0.3 is 20.5 Å². The van der Waals surface area contributed by atoms with Gasteiger partial charge in [-0.15, -0.1) is 0 Å².